The number of hydroxylamine groups is 1. The zero-order valence-electron chi connectivity index (χ0n) is 11.5. The lowest BCUT2D eigenvalue weighted by atomic mass is 10.1. The van der Waals surface area contributed by atoms with Gasteiger partial charge in [-0.1, -0.05) is 18.2 Å². The van der Waals surface area contributed by atoms with Crippen molar-refractivity contribution in [3.05, 3.63) is 59.4 Å². The van der Waals surface area contributed by atoms with Gasteiger partial charge in [-0.2, -0.15) is 5.48 Å². The average Bonchev–Trinajstić information content (AvgIpc) is 3.00. The van der Waals surface area contributed by atoms with Crippen LogP contribution in [0.2, 0.25) is 0 Å². The van der Waals surface area contributed by atoms with Crippen molar-refractivity contribution in [1.82, 2.24) is 10.5 Å². The van der Waals surface area contributed by atoms with E-state index >= 15 is 0 Å². The predicted octanol–water partition coefficient (Wildman–Crippen LogP) is 2.94. The zero-order chi connectivity index (χ0) is 13.8. The summed E-state index contributed by atoms with van der Waals surface area (Å²) in [7, 11) is 0. The molecule has 4 nitrogen and oxygen atoms in total. The van der Waals surface area contributed by atoms with Crippen molar-refractivity contribution in [2.45, 2.75) is 26.0 Å². The van der Waals surface area contributed by atoms with Crippen LogP contribution in [0.3, 0.4) is 0 Å². The van der Waals surface area contributed by atoms with Crippen LogP contribution < -0.4 is 10.2 Å². The Hall–Kier alpha value is -1.91. The molecule has 1 aliphatic heterocycles. The van der Waals surface area contributed by atoms with E-state index < -0.39 is 0 Å². The normalized spacial score (nSPS) is 18.1. The van der Waals surface area contributed by atoms with Gasteiger partial charge in [0.25, 0.3) is 0 Å². The van der Waals surface area contributed by atoms with Crippen LogP contribution >= 0.6 is 0 Å². The molecule has 1 fully saturated rings. The predicted molar refractivity (Wildman–Crippen MR) is 76.2 cm³/mol. The van der Waals surface area contributed by atoms with Gasteiger partial charge in [-0.15, -0.1) is 0 Å². The van der Waals surface area contributed by atoms with Gasteiger partial charge in [-0.05, 0) is 43.2 Å². The minimum atomic E-state index is 0.260. The molecule has 2 heterocycles. The third-order valence-electron chi connectivity index (χ3n) is 3.33. The summed E-state index contributed by atoms with van der Waals surface area (Å²) in [5.74, 6) is 0.861. The van der Waals surface area contributed by atoms with E-state index in [-0.39, 0.29) is 6.04 Å². The minimum absolute atomic E-state index is 0.260. The first kappa shape index (κ1) is 13.1. The number of hydrogen-bond acceptors (Lipinski definition) is 4. The first-order valence-electron chi connectivity index (χ1n) is 6.84. The maximum Gasteiger partial charge on any atom is 0.130 e. The number of aryl methyl sites for hydroxylation is 1. The molecule has 0 radical (unpaired) electrons. The Morgan fingerprint density at radius 3 is 3.00 bits per heavy atom. The molecule has 104 valence electrons. The van der Waals surface area contributed by atoms with Crippen LogP contribution in [0.4, 0.5) is 0 Å². The molecule has 0 spiro atoms. The Balaban J connectivity index is 1.66. The van der Waals surface area contributed by atoms with Gasteiger partial charge >= 0.3 is 0 Å². The molecule has 3 rings (SSSR count). The molecule has 0 unspecified atom stereocenters. The highest BCUT2D eigenvalue weighted by atomic mass is 16.7. The minimum Gasteiger partial charge on any atom is -0.487 e. The van der Waals surface area contributed by atoms with Crippen molar-refractivity contribution in [1.29, 1.82) is 0 Å². The molecule has 0 saturated carbocycles. The molecular formula is C16H18N2O2. The first-order chi connectivity index (χ1) is 9.81. The second kappa shape index (κ2) is 6.03. The molecule has 0 aliphatic carbocycles. The molecule has 1 N–H and O–H groups in total. The summed E-state index contributed by atoms with van der Waals surface area (Å²) in [6.45, 7) is 3.22. The molecule has 0 bridgehead atoms. The van der Waals surface area contributed by atoms with E-state index in [0.29, 0.717) is 6.61 Å². The molecule has 1 aromatic carbocycles. The third-order valence-corrected chi connectivity index (χ3v) is 3.33. The summed E-state index contributed by atoms with van der Waals surface area (Å²) >= 11 is 0. The van der Waals surface area contributed by atoms with Gasteiger partial charge < -0.3 is 9.57 Å². The molecule has 1 atom stereocenters. The number of nitrogens with zero attached hydrogens (tertiary/aromatic N) is 1. The van der Waals surface area contributed by atoms with Crippen molar-refractivity contribution in [3.63, 3.8) is 0 Å². The van der Waals surface area contributed by atoms with Crippen LogP contribution in [0.25, 0.3) is 0 Å². The van der Waals surface area contributed by atoms with Gasteiger partial charge in [0.05, 0.1) is 18.3 Å². The van der Waals surface area contributed by atoms with E-state index in [9.17, 15) is 0 Å². The monoisotopic (exact) mass is 270 g/mol. The molecule has 4 heteroatoms. The van der Waals surface area contributed by atoms with Crippen molar-refractivity contribution < 1.29 is 9.57 Å². The smallest absolute Gasteiger partial charge is 0.130 e. The fourth-order valence-corrected chi connectivity index (χ4v) is 2.29. The quantitative estimate of drug-likeness (QED) is 0.927. The van der Waals surface area contributed by atoms with E-state index in [1.165, 1.54) is 5.56 Å². The topological polar surface area (TPSA) is 43.4 Å². The van der Waals surface area contributed by atoms with Crippen LogP contribution in [-0.4, -0.2) is 11.6 Å². The van der Waals surface area contributed by atoms with E-state index in [4.69, 9.17) is 9.57 Å². The molecule has 20 heavy (non-hydrogen) atoms. The summed E-state index contributed by atoms with van der Waals surface area (Å²) in [6.07, 6.45) is 0.989. The second-order valence-electron chi connectivity index (χ2n) is 4.94. The highest BCUT2D eigenvalue weighted by Gasteiger charge is 2.17. The number of ether oxygens (including phenoxy) is 1. The van der Waals surface area contributed by atoms with Crippen molar-refractivity contribution >= 4 is 0 Å². The molecule has 1 aliphatic rings. The summed E-state index contributed by atoms with van der Waals surface area (Å²) in [4.78, 5) is 9.62. The summed E-state index contributed by atoms with van der Waals surface area (Å²) in [5, 5.41) is 0. The lowest BCUT2D eigenvalue weighted by Crippen LogP contribution is -2.11. The lowest BCUT2D eigenvalue weighted by Gasteiger charge is -2.11. The van der Waals surface area contributed by atoms with Crippen LogP contribution in [0.1, 0.15) is 29.4 Å². The number of pyridine rings is 1. The highest BCUT2D eigenvalue weighted by molar-refractivity contribution is 5.31. The molecule has 0 amide bonds. The summed E-state index contributed by atoms with van der Waals surface area (Å²) < 4.78 is 5.82. The first-order valence-corrected chi connectivity index (χ1v) is 6.84. The summed E-state index contributed by atoms with van der Waals surface area (Å²) in [6, 6.07) is 14.3. The third kappa shape index (κ3) is 3.15. The maximum atomic E-state index is 5.82. The Labute approximate surface area is 118 Å². The van der Waals surface area contributed by atoms with E-state index in [1.54, 1.807) is 0 Å². The Bertz CT molecular complexity index is 580. The van der Waals surface area contributed by atoms with Crippen LogP contribution in [-0.2, 0) is 11.4 Å². The Morgan fingerprint density at radius 2 is 2.20 bits per heavy atom. The number of benzene rings is 1. The lowest BCUT2D eigenvalue weighted by molar-refractivity contribution is 0.0882. The largest absolute Gasteiger partial charge is 0.487 e. The molecule has 2 aromatic rings. The second-order valence-corrected chi connectivity index (χ2v) is 4.94. The van der Waals surface area contributed by atoms with E-state index in [0.717, 1.165) is 30.2 Å². The van der Waals surface area contributed by atoms with Crippen molar-refractivity contribution in [2.24, 2.45) is 0 Å². The van der Waals surface area contributed by atoms with E-state index in [2.05, 4.69) is 22.6 Å². The number of nitrogens with one attached hydrogen (secondary N) is 1. The SMILES string of the molecule is Cc1cccc(COc2cccc([C@H]3CCON3)c2)n1. The highest BCUT2D eigenvalue weighted by Crippen LogP contribution is 2.24. The summed E-state index contributed by atoms with van der Waals surface area (Å²) in [5.41, 5.74) is 6.15. The Morgan fingerprint density at radius 1 is 1.30 bits per heavy atom. The zero-order valence-corrected chi connectivity index (χ0v) is 11.5. The Kier molecular flexibility index (Phi) is 3.95. The standard InChI is InChI=1S/C16H18N2O2/c1-12-4-2-6-14(17-12)11-19-15-7-3-5-13(10-15)16-8-9-20-18-16/h2-7,10,16,18H,8-9,11H2,1H3/t16-/m1/s1. The van der Waals surface area contributed by atoms with Crippen LogP contribution in [0, 0.1) is 6.92 Å². The fourth-order valence-electron chi connectivity index (χ4n) is 2.29. The fraction of sp³-hybridized carbons (Fsp3) is 0.312. The number of hydrogen-bond donors (Lipinski definition) is 1. The van der Waals surface area contributed by atoms with Crippen molar-refractivity contribution in [3.8, 4) is 5.75 Å². The maximum absolute atomic E-state index is 5.82. The van der Waals surface area contributed by atoms with Gasteiger partial charge in [-0.3, -0.25) is 4.98 Å². The van der Waals surface area contributed by atoms with Crippen LogP contribution in [0.15, 0.2) is 42.5 Å². The number of rotatable bonds is 4. The van der Waals surface area contributed by atoms with Gasteiger partial charge in [0, 0.05) is 5.69 Å². The van der Waals surface area contributed by atoms with Gasteiger partial charge in [0.15, 0.2) is 0 Å². The van der Waals surface area contributed by atoms with Crippen LogP contribution in [0.5, 0.6) is 5.75 Å². The average molecular weight is 270 g/mol. The van der Waals surface area contributed by atoms with Gasteiger partial charge in [-0.25, -0.2) is 0 Å². The molecule has 1 aromatic heterocycles. The molecular weight excluding hydrogens is 252 g/mol. The number of aromatic nitrogens is 1. The van der Waals surface area contributed by atoms with Gasteiger partial charge in [0.1, 0.15) is 12.4 Å². The molecule has 1 saturated heterocycles. The van der Waals surface area contributed by atoms with E-state index in [1.807, 2.05) is 37.3 Å². The van der Waals surface area contributed by atoms with Crippen molar-refractivity contribution in [2.75, 3.05) is 6.61 Å². The van der Waals surface area contributed by atoms with Gasteiger partial charge in [0.2, 0.25) is 0 Å².